The number of nitrogens with two attached hydrogens (primary N) is 1. The number of carbonyl (C=O) groups is 1. The van der Waals surface area contributed by atoms with Crippen LogP contribution < -0.4 is 5.73 Å². The average molecular weight is 277 g/mol. The first kappa shape index (κ1) is 16.1. The second-order valence-electron chi connectivity index (χ2n) is 5.80. The predicted molar refractivity (Wildman–Crippen MR) is 81.5 cm³/mol. The van der Waals surface area contributed by atoms with Crippen molar-refractivity contribution in [2.75, 3.05) is 12.3 Å². The molecule has 1 aromatic carbocycles. The third-order valence-corrected chi connectivity index (χ3v) is 3.00. The molecule has 0 unspecified atom stereocenters. The Hall–Kier alpha value is -1.97. The summed E-state index contributed by atoms with van der Waals surface area (Å²) in [5, 5.41) is 10.0. The Morgan fingerprint density at radius 1 is 1.40 bits per heavy atom. The fraction of sp³-hybridized carbons (Fsp3) is 0.438. The van der Waals surface area contributed by atoms with Gasteiger partial charge in [0.1, 0.15) is 5.75 Å². The molecular weight excluding hydrogens is 254 g/mol. The van der Waals surface area contributed by atoms with E-state index in [1.54, 1.807) is 26.0 Å². The van der Waals surface area contributed by atoms with E-state index >= 15 is 0 Å². The summed E-state index contributed by atoms with van der Waals surface area (Å²) >= 11 is 0. The van der Waals surface area contributed by atoms with Gasteiger partial charge in [-0.05, 0) is 43.0 Å². The standard InChI is InChI=1S/C16H23NO3/c1-6-20-15(19)10(2)7-11-8-12(16(3,4)5)9-13(17)14(11)18/h7-9,18H,6,17H2,1-5H3. The average Bonchev–Trinajstić information content (AvgIpc) is 2.33. The molecule has 0 radical (unpaired) electrons. The quantitative estimate of drug-likeness (QED) is 0.385. The molecule has 0 fully saturated rings. The molecule has 0 aliphatic carbocycles. The zero-order valence-corrected chi connectivity index (χ0v) is 12.8. The van der Waals surface area contributed by atoms with Crippen molar-refractivity contribution in [2.45, 2.75) is 40.0 Å². The van der Waals surface area contributed by atoms with Crippen LogP contribution in [-0.4, -0.2) is 17.7 Å². The highest BCUT2D eigenvalue weighted by Gasteiger charge is 2.17. The van der Waals surface area contributed by atoms with Gasteiger partial charge in [0.25, 0.3) is 0 Å². The lowest BCUT2D eigenvalue weighted by atomic mass is 9.85. The minimum absolute atomic E-state index is 0.0124. The number of benzene rings is 1. The lowest BCUT2D eigenvalue weighted by Crippen LogP contribution is -2.12. The van der Waals surface area contributed by atoms with Crippen LogP contribution in [-0.2, 0) is 14.9 Å². The third-order valence-electron chi connectivity index (χ3n) is 3.00. The van der Waals surface area contributed by atoms with Crippen molar-refractivity contribution in [2.24, 2.45) is 0 Å². The number of hydrogen-bond donors (Lipinski definition) is 2. The topological polar surface area (TPSA) is 72.5 Å². The minimum atomic E-state index is -0.397. The van der Waals surface area contributed by atoms with E-state index in [0.717, 1.165) is 5.56 Å². The van der Waals surface area contributed by atoms with Crippen molar-refractivity contribution >= 4 is 17.7 Å². The summed E-state index contributed by atoms with van der Waals surface area (Å²) in [4.78, 5) is 11.6. The first-order valence-electron chi connectivity index (χ1n) is 6.65. The SMILES string of the molecule is CCOC(=O)C(C)=Cc1cc(C(C)(C)C)cc(N)c1O. The summed E-state index contributed by atoms with van der Waals surface area (Å²) in [7, 11) is 0. The van der Waals surface area contributed by atoms with Crippen LogP contribution in [0.15, 0.2) is 17.7 Å². The normalized spacial score (nSPS) is 12.3. The van der Waals surface area contributed by atoms with E-state index in [1.807, 2.05) is 6.07 Å². The van der Waals surface area contributed by atoms with Gasteiger partial charge in [0, 0.05) is 11.1 Å². The first-order chi connectivity index (χ1) is 9.16. The van der Waals surface area contributed by atoms with Crippen LogP contribution >= 0.6 is 0 Å². The summed E-state index contributed by atoms with van der Waals surface area (Å²) in [5.74, 6) is -0.409. The zero-order valence-electron chi connectivity index (χ0n) is 12.8. The Kier molecular flexibility index (Phi) is 4.82. The summed E-state index contributed by atoms with van der Waals surface area (Å²) in [6.45, 7) is 9.90. The molecule has 0 aliphatic heterocycles. The molecule has 0 saturated heterocycles. The van der Waals surface area contributed by atoms with Crippen LogP contribution in [0.5, 0.6) is 5.75 Å². The van der Waals surface area contributed by atoms with Gasteiger partial charge in [-0.3, -0.25) is 0 Å². The molecule has 0 bridgehead atoms. The molecule has 4 heteroatoms. The van der Waals surface area contributed by atoms with Gasteiger partial charge in [-0.15, -0.1) is 0 Å². The zero-order chi connectivity index (χ0) is 15.5. The number of carbonyl (C=O) groups excluding carboxylic acids is 1. The summed E-state index contributed by atoms with van der Waals surface area (Å²) < 4.78 is 4.92. The smallest absolute Gasteiger partial charge is 0.333 e. The van der Waals surface area contributed by atoms with E-state index in [-0.39, 0.29) is 11.2 Å². The number of rotatable bonds is 3. The number of esters is 1. The van der Waals surface area contributed by atoms with E-state index in [4.69, 9.17) is 10.5 Å². The maximum Gasteiger partial charge on any atom is 0.333 e. The van der Waals surface area contributed by atoms with Crippen LogP contribution in [0.4, 0.5) is 5.69 Å². The molecule has 1 aromatic rings. The van der Waals surface area contributed by atoms with Crippen LogP contribution in [0.2, 0.25) is 0 Å². The Balaban J connectivity index is 3.28. The molecule has 0 amide bonds. The summed E-state index contributed by atoms with van der Waals surface area (Å²) in [5.41, 5.74) is 7.99. The largest absolute Gasteiger partial charge is 0.505 e. The van der Waals surface area contributed by atoms with Gasteiger partial charge in [0.15, 0.2) is 0 Å². The fourth-order valence-electron chi connectivity index (χ4n) is 1.76. The van der Waals surface area contributed by atoms with Gasteiger partial charge in [-0.25, -0.2) is 4.79 Å². The van der Waals surface area contributed by atoms with Crippen molar-refractivity contribution < 1.29 is 14.6 Å². The van der Waals surface area contributed by atoms with E-state index in [0.29, 0.717) is 23.4 Å². The molecule has 0 aliphatic rings. The second-order valence-corrected chi connectivity index (χ2v) is 5.80. The molecule has 0 atom stereocenters. The Morgan fingerprint density at radius 3 is 2.50 bits per heavy atom. The molecule has 110 valence electrons. The van der Waals surface area contributed by atoms with Crippen molar-refractivity contribution in [3.8, 4) is 5.75 Å². The predicted octanol–water partition coefficient (Wildman–Crippen LogP) is 3.24. The lowest BCUT2D eigenvalue weighted by molar-refractivity contribution is -0.138. The van der Waals surface area contributed by atoms with Crippen LogP contribution in [0.25, 0.3) is 6.08 Å². The maximum atomic E-state index is 11.6. The van der Waals surface area contributed by atoms with Gasteiger partial charge in [-0.2, -0.15) is 0 Å². The Bertz CT molecular complexity index is 539. The number of ether oxygens (including phenoxy) is 1. The Morgan fingerprint density at radius 2 is 2.00 bits per heavy atom. The van der Waals surface area contributed by atoms with Crippen molar-refractivity contribution in [3.05, 3.63) is 28.8 Å². The number of anilines is 1. The van der Waals surface area contributed by atoms with Crippen LogP contribution in [0.3, 0.4) is 0 Å². The maximum absolute atomic E-state index is 11.6. The van der Waals surface area contributed by atoms with Gasteiger partial charge >= 0.3 is 5.97 Å². The van der Waals surface area contributed by atoms with Crippen molar-refractivity contribution in [3.63, 3.8) is 0 Å². The highest BCUT2D eigenvalue weighted by molar-refractivity contribution is 5.93. The molecule has 3 N–H and O–H groups in total. The fourth-order valence-corrected chi connectivity index (χ4v) is 1.76. The highest BCUT2D eigenvalue weighted by atomic mass is 16.5. The molecule has 0 saturated carbocycles. The molecule has 20 heavy (non-hydrogen) atoms. The second kappa shape index (κ2) is 5.99. The molecule has 0 spiro atoms. The van der Waals surface area contributed by atoms with E-state index < -0.39 is 5.97 Å². The summed E-state index contributed by atoms with van der Waals surface area (Å²) in [6.07, 6.45) is 1.60. The minimum Gasteiger partial charge on any atom is -0.505 e. The molecule has 1 rings (SSSR count). The number of phenolic OH excluding ortho intramolecular Hbond substituents is 1. The molecule has 4 nitrogen and oxygen atoms in total. The lowest BCUT2D eigenvalue weighted by Gasteiger charge is -2.21. The van der Waals surface area contributed by atoms with Gasteiger partial charge in [-0.1, -0.05) is 20.8 Å². The van der Waals surface area contributed by atoms with Crippen LogP contribution in [0, 0.1) is 0 Å². The third kappa shape index (κ3) is 3.76. The van der Waals surface area contributed by atoms with E-state index in [1.165, 1.54) is 0 Å². The molecular formula is C16H23NO3. The number of hydrogen-bond acceptors (Lipinski definition) is 4. The number of aromatic hydroxyl groups is 1. The molecule has 0 heterocycles. The highest BCUT2D eigenvalue weighted by Crippen LogP contribution is 2.33. The Labute approximate surface area is 120 Å². The monoisotopic (exact) mass is 277 g/mol. The van der Waals surface area contributed by atoms with Crippen LogP contribution in [0.1, 0.15) is 45.7 Å². The number of phenols is 1. The van der Waals surface area contributed by atoms with Gasteiger partial charge < -0.3 is 15.6 Å². The van der Waals surface area contributed by atoms with Crippen molar-refractivity contribution in [1.82, 2.24) is 0 Å². The van der Waals surface area contributed by atoms with E-state index in [9.17, 15) is 9.90 Å². The first-order valence-corrected chi connectivity index (χ1v) is 6.65. The van der Waals surface area contributed by atoms with E-state index in [2.05, 4.69) is 20.8 Å². The van der Waals surface area contributed by atoms with Crippen molar-refractivity contribution in [1.29, 1.82) is 0 Å². The van der Waals surface area contributed by atoms with Gasteiger partial charge in [0.05, 0.1) is 12.3 Å². The van der Waals surface area contributed by atoms with Gasteiger partial charge in [0.2, 0.25) is 0 Å². The summed E-state index contributed by atoms with van der Waals surface area (Å²) in [6, 6.07) is 3.60. The molecule has 0 aromatic heterocycles. The number of nitrogen functional groups attached to an aromatic ring is 1.